The first-order valence-electron chi connectivity index (χ1n) is 10.5. The lowest BCUT2D eigenvalue weighted by molar-refractivity contribution is 0.122. The number of anilines is 5. The summed E-state index contributed by atoms with van der Waals surface area (Å²) in [5, 5.41) is 3.42. The monoisotopic (exact) mass is 404 g/mol. The van der Waals surface area contributed by atoms with Crippen molar-refractivity contribution < 1.29 is 4.74 Å². The van der Waals surface area contributed by atoms with E-state index in [9.17, 15) is 0 Å². The summed E-state index contributed by atoms with van der Waals surface area (Å²) in [5.74, 6) is 1.85. The fourth-order valence-corrected chi connectivity index (χ4v) is 3.28. The van der Waals surface area contributed by atoms with Crippen LogP contribution in [0.1, 0.15) is 20.3 Å². The van der Waals surface area contributed by atoms with Crippen molar-refractivity contribution in [3.05, 3.63) is 60.7 Å². The number of rotatable bonds is 7. The minimum atomic E-state index is 0.264. The molecule has 7 heteroatoms. The molecule has 0 bridgehead atoms. The summed E-state index contributed by atoms with van der Waals surface area (Å²) >= 11 is 0. The van der Waals surface area contributed by atoms with Gasteiger partial charge in [0.1, 0.15) is 0 Å². The van der Waals surface area contributed by atoms with Crippen molar-refractivity contribution in [3.63, 3.8) is 0 Å². The smallest absolute Gasteiger partial charge is 0.241 e. The van der Waals surface area contributed by atoms with Crippen molar-refractivity contribution in [2.24, 2.45) is 0 Å². The molecule has 2 heterocycles. The third-order valence-corrected chi connectivity index (χ3v) is 5.12. The van der Waals surface area contributed by atoms with Gasteiger partial charge in [0.2, 0.25) is 17.8 Å². The number of nitrogens with zero attached hydrogens (tertiary/aromatic N) is 5. The average molecular weight is 405 g/mol. The molecular weight excluding hydrogens is 376 g/mol. The van der Waals surface area contributed by atoms with Crippen molar-refractivity contribution in [2.75, 3.05) is 41.4 Å². The Morgan fingerprint density at radius 2 is 1.53 bits per heavy atom. The quantitative estimate of drug-likeness (QED) is 0.626. The fraction of sp³-hybridized carbons (Fsp3) is 0.348. The van der Waals surface area contributed by atoms with E-state index in [0.717, 1.165) is 30.9 Å². The van der Waals surface area contributed by atoms with Gasteiger partial charge in [-0.3, -0.25) is 4.90 Å². The molecule has 1 aliphatic heterocycles. The highest BCUT2D eigenvalue weighted by atomic mass is 16.5. The number of benzene rings is 2. The summed E-state index contributed by atoms with van der Waals surface area (Å²) < 4.78 is 5.51. The molecule has 7 nitrogen and oxygen atoms in total. The highest BCUT2D eigenvalue weighted by Gasteiger charge is 2.21. The summed E-state index contributed by atoms with van der Waals surface area (Å²) in [5.41, 5.74) is 2.00. The molecular formula is C23H28N6O. The van der Waals surface area contributed by atoms with E-state index < -0.39 is 0 Å². The minimum Gasteiger partial charge on any atom is -0.378 e. The summed E-state index contributed by atoms with van der Waals surface area (Å²) in [7, 11) is 0. The van der Waals surface area contributed by atoms with Crippen LogP contribution in [0.25, 0.3) is 0 Å². The zero-order chi connectivity index (χ0) is 20.8. The molecule has 3 aromatic rings. The van der Waals surface area contributed by atoms with Crippen LogP contribution in [-0.2, 0) is 4.74 Å². The van der Waals surface area contributed by atoms with Gasteiger partial charge in [-0.15, -0.1) is 0 Å². The van der Waals surface area contributed by atoms with Crippen LogP contribution in [-0.4, -0.2) is 47.3 Å². The summed E-state index contributed by atoms with van der Waals surface area (Å²) in [6.07, 6.45) is 0.981. The highest BCUT2D eigenvalue weighted by molar-refractivity contribution is 5.73. The van der Waals surface area contributed by atoms with Crippen LogP contribution in [0.3, 0.4) is 0 Å². The Balaban J connectivity index is 1.81. The molecule has 30 heavy (non-hydrogen) atoms. The number of nitrogens with one attached hydrogen (secondary N) is 1. The number of ether oxygens (including phenoxy) is 1. The Morgan fingerprint density at radius 1 is 0.933 bits per heavy atom. The Labute approximate surface area is 177 Å². The lowest BCUT2D eigenvalue weighted by Crippen LogP contribution is -2.38. The summed E-state index contributed by atoms with van der Waals surface area (Å²) in [4.78, 5) is 18.6. The van der Waals surface area contributed by atoms with E-state index in [2.05, 4.69) is 53.2 Å². The van der Waals surface area contributed by atoms with Crippen LogP contribution in [0.2, 0.25) is 0 Å². The Morgan fingerprint density at radius 3 is 2.10 bits per heavy atom. The molecule has 0 amide bonds. The summed E-state index contributed by atoms with van der Waals surface area (Å²) in [6, 6.07) is 20.6. The molecule has 1 fully saturated rings. The van der Waals surface area contributed by atoms with Gasteiger partial charge in [0.25, 0.3) is 0 Å². The number of hydrogen-bond donors (Lipinski definition) is 1. The SMILES string of the molecule is CCC(C)Nc1nc(N2CCOCC2)nc(N(c2ccccc2)c2ccccc2)n1. The predicted octanol–water partition coefficient (Wildman–Crippen LogP) is 4.39. The van der Waals surface area contributed by atoms with Crippen LogP contribution in [0.5, 0.6) is 0 Å². The maximum Gasteiger partial charge on any atom is 0.241 e. The summed E-state index contributed by atoms with van der Waals surface area (Å²) in [6.45, 7) is 7.16. The second kappa shape index (κ2) is 9.54. The molecule has 156 valence electrons. The van der Waals surface area contributed by atoms with Crippen molar-refractivity contribution >= 4 is 29.2 Å². The fourth-order valence-electron chi connectivity index (χ4n) is 3.28. The molecule has 0 aliphatic carbocycles. The van der Waals surface area contributed by atoms with Crippen molar-refractivity contribution in [2.45, 2.75) is 26.3 Å². The second-order valence-corrected chi connectivity index (χ2v) is 7.32. The van der Waals surface area contributed by atoms with Gasteiger partial charge >= 0.3 is 0 Å². The normalized spacial score (nSPS) is 14.9. The Hall–Kier alpha value is -3.19. The van der Waals surface area contributed by atoms with E-state index in [1.54, 1.807) is 0 Å². The molecule has 1 unspecified atom stereocenters. The van der Waals surface area contributed by atoms with Gasteiger partial charge < -0.3 is 15.0 Å². The molecule has 4 rings (SSSR count). The predicted molar refractivity (Wildman–Crippen MR) is 121 cm³/mol. The maximum absolute atomic E-state index is 5.51. The van der Waals surface area contributed by atoms with Crippen molar-refractivity contribution in [3.8, 4) is 0 Å². The van der Waals surface area contributed by atoms with Crippen LogP contribution in [0, 0.1) is 0 Å². The largest absolute Gasteiger partial charge is 0.378 e. The molecule has 1 N–H and O–H groups in total. The average Bonchev–Trinajstić information content (AvgIpc) is 2.81. The van der Waals surface area contributed by atoms with Crippen LogP contribution < -0.4 is 15.1 Å². The molecule has 1 aromatic heterocycles. The lowest BCUT2D eigenvalue weighted by atomic mass is 10.2. The van der Waals surface area contributed by atoms with Gasteiger partial charge in [-0.05, 0) is 37.6 Å². The highest BCUT2D eigenvalue weighted by Crippen LogP contribution is 2.33. The van der Waals surface area contributed by atoms with Crippen molar-refractivity contribution in [1.82, 2.24) is 15.0 Å². The molecule has 1 aliphatic rings. The second-order valence-electron chi connectivity index (χ2n) is 7.32. The van der Waals surface area contributed by atoms with E-state index in [0.29, 0.717) is 31.1 Å². The van der Waals surface area contributed by atoms with Gasteiger partial charge in [-0.1, -0.05) is 43.3 Å². The third-order valence-electron chi connectivity index (χ3n) is 5.12. The Kier molecular flexibility index (Phi) is 6.39. The first-order chi connectivity index (χ1) is 14.7. The van der Waals surface area contributed by atoms with E-state index in [1.807, 2.05) is 36.4 Å². The number of aromatic nitrogens is 3. The van der Waals surface area contributed by atoms with Gasteiger partial charge in [0, 0.05) is 30.5 Å². The van der Waals surface area contributed by atoms with E-state index in [-0.39, 0.29) is 6.04 Å². The van der Waals surface area contributed by atoms with Crippen molar-refractivity contribution in [1.29, 1.82) is 0 Å². The van der Waals surface area contributed by atoms with Gasteiger partial charge in [0.05, 0.1) is 13.2 Å². The van der Waals surface area contributed by atoms with E-state index in [4.69, 9.17) is 19.7 Å². The molecule has 0 radical (unpaired) electrons. The molecule has 0 saturated carbocycles. The van der Waals surface area contributed by atoms with Gasteiger partial charge in [-0.25, -0.2) is 0 Å². The standard InChI is InChI=1S/C23H28N6O/c1-3-18(2)24-21-25-22(28-14-16-30-17-15-28)27-23(26-21)29(19-10-6-4-7-11-19)20-12-8-5-9-13-20/h4-13,18H,3,14-17H2,1-2H3,(H,24,25,26,27). The first-order valence-corrected chi connectivity index (χ1v) is 10.5. The van der Waals surface area contributed by atoms with E-state index >= 15 is 0 Å². The molecule has 0 spiro atoms. The van der Waals surface area contributed by atoms with Crippen LogP contribution in [0.15, 0.2) is 60.7 Å². The molecule has 1 saturated heterocycles. The molecule has 1 atom stereocenters. The van der Waals surface area contributed by atoms with Crippen LogP contribution in [0.4, 0.5) is 29.2 Å². The van der Waals surface area contributed by atoms with E-state index in [1.165, 1.54) is 0 Å². The number of morpholine rings is 1. The topological polar surface area (TPSA) is 66.4 Å². The first kappa shape index (κ1) is 20.1. The number of hydrogen-bond acceptors (Lipinski definition) is 7. The maximum atomic E-state index is 5.51. The van der Waals surface area contributed by atoms with Crippen LogP contribution >= 0.6 is 0 Å². The minimum absolute atomic E-state index is 0.264. The lowest BCUT2D eigenvalue weighted by Gasteiger charge is -2.29. The number of para-hydroxylation sites is 2. The Bertz CT molecular complexity index is 891. The van der Waals surface area contributed by atoms with Gasteiger partial charge in [-0.2, -0.15) is 15.0 Å². The molecule has 2 aromatic carbocycles. The zero-order valence-corrected chi connectivity index (χ0v) is 17.5. The third kappa shape index (κ3) is 4.68. The van der Waals surface area contributed by atoms with Gasteiger partial charge in [0.15, 0.2) is 0 Å². The zero-order valence-electron chi connectivity index (χ0n) is 17.5.